The monoisotopic (exact) mass is 329 g/mol. The van der Waals surface area contributed by atoms with E-state index in [-0.39, 0.29) is 5.82 Å². The van der Waals surface area contributed by atoms with Gasteiger partial charge in [0, 0.05) is 6.20 Å². The molecule has 0 aromatic carbocycles. The van der Waals surface area contributed by atoms with Crippen molar-refractivity contribution in [2.24, 2.45) is 0 Å². The lowest BCUT2D eigenvalue weighted by Gasteiger charge is -2.17. The van der Waals surface area contributed by atoms with E-state index in [1.54, 1.807) is 0 Å². The van der Waals surface area contributed by atoms with Gasteiger partial charge in [0.1, 0.15) is 18.3 Å². The molecule has 1 aliphatic rings. The number of unbranched alkanes of at least 4 members (excludes halogenated alkanes) is 2. The molecular weight excluding hydrogens is 306 g/mol. The lowest BCUT2D eigenvalue weighted by molar-refractivity contribution is -0.0549. The number of hydrogen-bond donors (Lipinski definition) is 4. The van der Waals surface area contributed by atoms with Gasteiger partial charge in [0.25, 0.3) is 0 Å². The summed E-state index contributed by atoms with van der Waals surface area (Å²) in [6.07, 6.45) is -0.198. The molecule has 1 aliphatic heterocycles. The van der Waals surface area contributed by atoms with E-state index in [4.69, 9.17) is 14.7 Å². The molecule has 0 amide bonds. The van der Waals surface area contributed by atoms with E-state index in [1.165, 1.54) is 12.3 Å². The summed E-state index contributed by atoms with van der Waals surface area (Å²) in [5.41, 5.74) is 1.92. The average Bonchev–Trinajstić information content (AvgIpc) is 2.83. The molecule has 0 spiro atoms. The number of nitrogens with one attached hydrogen (secondary N) is 1. The fourth-order valence-corrected chi connectivity index (χ4v) is 2.32. The third-order valence-electron chi connectivity index (χ3n) is 3.65. The zero-order valence-electron chi connectivity index (χ0n) is 13.0. The first-order valence-electron chi connectivity index (χ1n) is 7.68. The Labute approximate surface area is 133 Å². The van der Waals surface area contributed by atoms with Gasteiger partial charge < -0.3 is 20.1 Å². The third kappa shape index (κ3) is 4.27. The van der Waals surface area contributed by atoms with E-state index in [0.29, 0.717) is 6.61 Å². The summed E-state index contributed by atoms with van der Waals surface area (Å²) in [6.45, 7) is 2.14. The molecule has 1 aromatic rings. The van der Waals surface area contributed by atoms with Crippen molar-refractivity contribution in [2.75, 3.05) is 18.7 Å². The lowest BCUT2D eigenvalue weighted by Crippen LogP contribution is -2.36. The molecule has 2 heterocycles. The number of nitrogens with zero attached hydrogens (tertiary/aromatic N) is 2. The molecule has 1 aromatic heterocycles. The van der Waals surface area contributed by atoms with Gasteiger partial charge in [0.05, 0.1) is 13.2 Å². The molecule has 0 aliphatic carbocycles. The Morgan fingerprint density at radius 3 is 2.78 bits per heavy atom. The van der Waals surface area contributed by atoms with Crippen molar-refractivity contribution in [3.8, 4) is 0 Å². The van der Waals surface area contributed by atoms with Gasteiger partial charge in [-0.15, -0.1) is 0 Å². The van der Waals surface area contributed by atoms with E-state index >= 15 is 0 Å². The van der Waals surface area contributed by atoms with Crippen LogP contribution in [0.25, 0.3) is 0 Å². The molecule has 1 saturated heterocycles. The van der Waals surface area contributed by atoms with E-state index in [2.05, 4.69) is 17.4 Å². The van der Waals surface area contributed by atoms with E-state index in [9.17, 15) is 15.0 Å². The summed E-state index contributed by atoms with van der Waals surface area (Å²) in [5, 5.41) is 28.7. The molecule has 4 N–H and O–H groups in total. The van der Waals surface area contributed by atoms with Crippen LogP contribution in [0.15, 0.2) is 17.1 Å². The molecule has 0 saturated carbocycles. The second-order valence-corrected chi connectivity index (χ2v) is 5.39. The van der Waals surface area contributed by atoms with Gasteiger partial charge >= 0.3 is 5.69 Å². The Balaban J connectivity index is 1.98. The first kappa shape index (κ1) is 17.8. The van der Waals surface area contributed by atoms with Crippen LogP contribution in [0.3, 0.4) is 0 Å². The average molecular weight is 329 g/mol. The number of hydrogen-bond acceptors (Lipinski definition) is 8. The fourth-order valence-electron chi connectivity index (χ4n) is 2.32. The molecule has 4 atom stereocenters. The molecular formula is C14H23N3O6. The van der Waals surface area contributed by atoms with Gasteiger partial charge in [-0.1, -0.05) is 19.8 Å². The van der Waals surface area contributed by atoms with Crippen LogP contribution in [-0.4, -0.2) is 56.4 Å². The van der Waals surface area contributed by atoms with Crippen LogP contribution in [0.2, 0.25) is 0 Å². The van der Waals surface area contributed by atoms with Gasteiger partial charge in [-0.2, -0.15) is 4.98 Å². The van der Waals surface area contributed by atoms with Crippen molar-refractivity contribution < 1.29 is 24.9 Å². The van der Waals surface area contributed by atoms with Gasteiger partial charge in [0.15, 0.2) is 12.0 Å². The molecule has 1 fully saturated rings. The maximum Gasteiger partial charge on any atom is 0.351 e. The normalized spacial score (nSPS) is 27.3. The Bertz CT molecular complexity index is 552. The lowest BCUT2D eigenvalue weighted by atomic mass is 10.1. The van der Waals surface area contributed by atoms with Crippen molar-refractivity contribution in [2.45, 2.75) is 50.7 Å². The third-order valence-corrected chi connectivity index (χ3v) is 3.65. The molecule has 0 bridgehead atoms. The number of ether oxygens (including phenoxy) is 1. The van der Waals surface area contributed by atoms with Crippen molar-refractivity contribution in [3.05, 3.63) is 22.7 Å². The minimum absolute atomic E-state index is 0.245. The first-order valence-corrected chi connectivity index (χ1v) is 7.68. The summed E-state index contributed by atoms with van der Waals surface area (Å²) in [5.74, 6) is 0.245. The summed E-state index contributed by atoms with van der Waals surface area (Å²) < 4.78 is 6.35. The highest BCUT2D eigenvalue weighted by molar-refractivity contribution is 5.28. The number of rotatable bonds is 8. The Morgan fingerprint density at radius 2 is 2.17 bits per heavy atom. The van der Waals surface area contributed by atoms with Crippen molar-refractivity contribution in [3.63, 3.8) is 0 Å². The minimum Gasteiger partial charge on any atom is -0.394 e. The number of aliphatic hydroxyl groups is 3. The van der Waals surface area contributed by atoms with Crippen LogP contribution in [0.4, 0.5) is 5.82 Å². The molecule has 9 heteroatoms. The maximum absolute atomic E-state index is 12.0. The maximum atomic E-state index is 12.0. The predicted molar refractivity (Wildman–Crippen MR) is 80.6 cm³/mol. The topological polar surface area (TPSA) is 126 Å². The number of anilines is 1. The minimum atomic E-state index is -1.32. The van der Waals surface area contributed by atoms with Crippen molar-refractivity contribution >= 4 is 5.82 Å². The predicted octanol–water partition coefficient (Wildman–Crippen LogP) is -0.611. The molecule has 130 valence electrons. The van der Waals surface area contributed by atoms with E-state index in [0.717, 1.165) is 23.8 Å². The summed E-state index contributed by atoms with van der Waals surface area (Å²) in [6, 6.07) is 1.50. The Morgan fingerprint density at radius 1 is 1.39 bits per heavy atom. The van der Waals surface area contributed by atoms with Gasteiger partial charge in [-0.25, -0.2) is 10.3 Å². The first-order chi connectivity index (χ1) is 11.1. The highest BCUT2D eigenvalue weighted by atomic mass is 16.6. The summed E-state index contributed by atoms with van der Waals surface area (Å²) in [7, 11) is 0. The van der Waals surface area contributed by atoms with Gasteiger partial charge in [0.2, 0.25) is 0 Å². The van der Waals surface area contributed by atoms with Crippen LogP contribution in [0, 0.1) is 0 Å². The number of aromatic nitrogens is 2. The number of aliphatic hydroxyl groups excluding tert-OH is 3. The summed E-state index contributed by atoms with van der Waals surface area (Å²) >= 11 is 0. The van der Waals surface area contributed by atoms with E-state index in [1.807, 2.05) is 0 Å². The van der Waals surface area contributed by atoms with Gasteiger partial charge in [-0.05, 0) is 12.5 Å². The Hall–Kier alpha value is -1.52. The zero-order valence-corrected chi connectivity index (χ0v) is 13.0. The molecule has 0 radical (unpaired) electrons. The smallest absolute Gasteiger partial charge is 0.351 e. The van der Waals surface area contributed by atoms with E-state index < -0.39 is 36.8 Å². The fraction of sp³-hybridized carbons (Fsp3) is 0.714. The quantitative estimate of drug-likeness (QED) is 0.367. The van der Waals surface area contributed by atoms with Crippen LogP contribution in [0.5, 0.6) is 0 Å². The van der Waals surface area contributed by atoms with Crippen LogP contribution in [-0.2, 0) is 9.57 Å². The second-order valence-electron chi connectivity index (χ2n) is 5.39. The largest absolute Gasteiger partial charge is 0.394 e. The Kier molecular flexibility index (Phi) is 6.48. The standard InChI is InChI=1S/C14H23N3O6/c1-2-3-4-7-22-16-10-5-6-17(14(21)15-10)13-12(20)11(19)9(8-18)23-13/h5-6,9,11-13,18-20H,2-4,7-8H2,1H3,(H,15,16,21)/t9-,11-,12+,13-/m1/s1. The zero-order chi connectivity index (χ0) is 16.8. The van der Waals surface area contributed by atoms with Crippen LogP contribution >= 0.6 is 0 Å². The highest BCUT2D eigenvalue weighted by Crippen LogP contribution is 2.28. The molecule has 0 unspecified atom stereocenters. The second kappa shape index (κ2) is 8.37. The van der Waals surface area contributed by atoms with Gasteiger partial charge in [-0.3, -0.25) is 9.40 Å². The SMILES string of the molecule is CCCCCONc1ccn([C@@H]2O[C@H](CO)[C@@H](O)[C@@H]2O)c(=O)n1. The van der Waals surface area contributed by atoms with Crippen molar-refractivity contribution in [1.29, 1.82) is 0 Å². The molecule has 2 rings (SSSR count). The highest BCUT2D eigenvalue weighted by Gasteiger charge is 2.43. The van der Waals surface area contributed by atoms with Crippen molar-refractivity contribution in [1.82, 2.24) is 9.55 Å². The summed E-state index contributed by atoms with van der Waals surface area (Å²) in [4.78, 5) is 21.0. The molecule has 23 heavy (non-hydrogen) atoms. The molecule has 9 nitrogen and oxygen atoms in total. The van der Waals surface area contributed by atoms with Crippen LogP contribution in [0.1, 0.15) is 32.4 Å². The van der Waals surface area contributed by atoms with Crippen LogP contribution < -0.4 is 11.2 Å².